The molecule has 3 saturated heterocycles. The van der Waals surface area contributed by atoms with E-state index in [9.17, 15) is 28.8 Å². The second-order valence-electron chi connectivity index (χ2n) is 19.4. The lowest BCUT2D eigenvalue weighted by atomic mass is 9.83. The maximum atomic E-state index is 16.2. The largest absolute Gasteiger partial charge is 0.488 e. The van der Waals surface area contributed by atoms with E-state index in [4.69, 9.17) is 26.8 Å². The highest BCUT2D eigenvalue weighted by Crippen LogP contribution is 2.40. The topological polar surface area (TPSA) is 184 Å². The van der Waals surface area contributed by atoms with Crippen LogP contribution in [-0.4, -0.2) is 135 Å². The fraction of sp³-hybridized carbons (Fsp3) is 0.444. The molecule has 6 amide bonds. The number of nitrogens with one attached hydrogen (secondary N) is 2. The summed E-state index contributed by atoms with van der Waals surface area (Å²) in [6.45, 7) is 6.34. The number of ether oxygens (including phenoxy) is 2. The van der Waals surface area contributed by atoms with E-state index in [0.717, 1.165) is 87.3 Å². The number of hydrogen-bond acceptors (Lipinski definition) is 11. The van der Waals surface area contributed by atoms with Gasteiger partial charge in [0.15, 0.2) is 11.6 Å². The van der Waals surface area contributed by atoms with Gasteiger partial charge in [0.05, 0.1) is 29.0 Å². The van der Waals surface area contributed by atoms with Crippen LogP contribution in [0.4, 0.5) is 10.1 Å². The van der Waals surface area contributed by atoms with Crippen molar-refractivity contribution < 1.29 is 42.6 Å². The Morgan fingerprint density at radius 1 is 0.803 bits per heavy atom. The van der Waals surface area contributed by atoms with E-state index in [1.807, 2.05) is 36.4 Å². The third-order valence-electron chi connectivity index (χ3n) is 15.1. The predicted octanol–water partition coefficient (Wildman–Crippen LogP) is 6.01. The SMILES string of the molecule is COCCOc1ccc(C(N)=O)c(-c2cc(C(CNC3CCC(C(=O)N4CCC(CN5CCN(c6cccc7c6C(=O)N(C6CCC(=O)NC6=O)C7=O)CC5)CC4)CC3)c3ccccc3)ccc2Cl)c1F. The molecule has 2 atom stereocenters. The molecule has 0 aromatic heterocycles. The summed E-state index contributed by atoms with van der Waals surface area (Å²) in [6.07, 6.45) is 5.41. The number of nitrogens with two attached hydrogens (primary N) is 1. The summed E-state index contributed by atoms with van der Waals surface area (Å²) in [5.41, 5.74) is 9.32. The van der Waals surface area contributed by atoms with Gasteiger partial charge in [0.25, 0.3) is 11.8 Å². The molecular formula is C54H61ClFN7O8. The van der Waals surface area contributed by atoms with Crippen molar-refractivity contribution in [1.82, 2.24) is 25.3 Å². The van der Waals surface area contributed by atoms with E-state index in [1.54, 1.807) is 18.2 Å². The first-order valence-corrected chi connectivity index (χ1v) is 25.2. The molecule has 4 aromatic carbocycles. The van der Waals surface area contributed by atoms with Crippen molar-refractivity contribution in [3.8, 4) is 16.9 Å². The molecule has 4 N–H and O–H groups in total. The van der Waals surface area contributed by atoms with Crippen LogP contribution in [0.15, 0.2) is 78.9 Å². The van der Waals surface area contributed by atoms with E-state index < -0.39 is 41.4 Å². The van der Waals surface area contributed by atoms with Crippen molar-refractivity contribution in [1.29, 1.82) is 0 Å². The summed E-state index contributed by atoms with van der Waals surface area (Å²) < 4.78 is 26.9. The number of methoxy groups -OCH3 is 1. The summed E-state index contributed by atoms with van der Waals surface area (Å²) in [5, 5.41) is 6.33. The number of primary amides is 1. The lowest BCUT2D eigenvalue weighted by Gasteiger charge is -2.40. The molecule has 2 unspecified atom stereocenters. The number of halogens is 2. The highest BCUT2D eigenvalue weighted by atomic mass is 35.5. The molecule has 4 fully saturated rings. The number of nitrogens with zero attached hydrogens (tertiary/aromatic N) is 4. The number of likely N-dealkylation sites (tertiary alicyclic amines) is 1. The van der Waals surface area contributed by atoms with Gasteiger partial charge in [-0.05, 0) is 98.4 Å². The molecule has 0 spiro atoms. The number of carbonyl (C=O) groups is 6. The van der Waals surface area contributed by atoms with E-state index in [-0.39, 0.29) is 77.3 Å². The van der Waals surface area contributed by atoms with Crippen molar-refractivity contribution in [2.45, 2.75) is 69.4 Å². The van der Waals surface area contributed by atoms with Gasteiger partial charge in [-0.15, -0.1) is 0 Å². The van der Waals surface area contributed by atoms with Crippen LogP contribution in [0.2, 0.25) is 5.02 Å². The number of amides is 6. The Morgan fingerprint density at radius 3 is 2.25 bits per heavy atom. The summed E-state index contributed by atoms with van der Waals surface area (Å²) in [4.78, 5) is 85.7. The number of piperidine rings is 2. The monoisotopic (exact) mass is 989 g/mol. The van der Waals surface area contributed by atoms with Gasteiger partial charge in [0, 0.05) is 99.9 Å². The lowest BCUT2D eigenvalue weighted by Crippen LogP contribution is -2.54. The third-order valence-corrected chi connectivity index (χ3v) is 15.4. The van der Waals surface area contributed by atoms with Gasteiger partial charge in [-0.1, -0.05) is 54.1 Å². The first-order valence-electron chi connectivity index (χ1n) is 24.8. The van der Waals surface area contributed by atoms with Gasteiger partial charge in [0.1, 0.15) is 12.6 Å². The average molecular weight is 991 g/mol. The van der Waals surface area contributed by atoms with E-state index in [0.29, 0.717) is 42.4 Å². The molecule has 374 valence electrons. The van der Waals surface area contributed by atoms with Crippen LogP contribution >= 0.6 is 11.6 Å². The van der Waals surface area contributed by atoms with Crippen molar-refractivity contribution in [2.24, 2.45) is 17.6 Å². The molecule has 4 aliphatic heterocycles. The third kappa shape index (κ3) is 10.7. The van der Waals surface area contributed by atoms with Gasteiger partial charge in [-0.3, -0.25) is 43.9 Å². The number of fused-ring (bicyclic) bond motifs is 1. The van der Waals surface area contributed by atoms with Crippen LogP contribution in [0.3, 0.4) is 0 Å². The maximum absolute atomic E-state index is 16.2. The van der Waals surface area contributed by atoms with Crippen LogP contribution in [0.25, 0.3) is 11.1 Å². The molecule has 17 heteroatoms. The number of carbonyl (C=O) groups excluding carboxylic acids is 6. The minimum atomic E-state index is -1.00. The van der Waals surface area contributed by atoms with E-state index in [1.165, 1.54) is 19.2 Å². The maximum Gasteiger partial charge on any atom is 0.264 e. The van der Waals surface area contributed by atoms with Gasteiger partial charge < -0.3 is 30.3 Å². The van der Waals surface area contributed by atoms with Gasteiger partial charge in [-0.2, -0.15) is 0 Å². The predicted molar refractivity (Wildman–Crippen MR) is 266 cm³/mol. The van der Waals surface area contributed by atoms with Crippen LogP contribution in [0, 0.1) is 17.7 Å². The second-order valence-corrected chi connectivity index (χ2v) is 19.8. The molecule has 4 heterocycles. The Morgan fingerprint density at radius 2 is 1.55 bits per heavy atom. The van der Waals surface area contributed by atoms with E-state index >= 15 is 4.39 Å². The number of hydrogen-bond donors (Lipinski definition) is 3. The molecule has 0 radical (unpaired) electrons. The highest BCUT2D eigenvalue weighted by molar-refractivity contribution is 6.33. The van der Waals surface area contributed by atoms with Crippen LogP contribution in [0.5, 0.6) is 5.75 Å². The lowest BCUT2D eigenvalue weighted by molar-refractivity contribution is -0.138. The summed E-state index contributed by atoms with van der Waals surface area (Å²) in [6, 6.07) is 22.9. The Hall–Kier alpha value is -6.20. The molecule has 71 heavy (non-hydrogen) atoms. The Kier molecular flexibility index (Phi) is 15.5. The Labute approximate surface area is 418 Å². The van der Waals surface area contributed by atoms with Crippen LogP contribution < -0.4 is 26.0 Å². The zero-order chi connectivity index (χ0) is 49.8. The number of benzene rings is 4. The first kappa shape index (κ1) is 49.8. The first-order chi connectivity index (χ1) is 34.4. The quantitative estimate of drug-likeness (QED) is 0.0883. The number of rotatable bonds is 16. The molecular weight excluding hydrogens is 929 g/mol. The average Bonchev–Trinajstić information content (AvgIpc) is 3.63. The second kappa shape index (κ2) is 22.1. The molecule has 4 aromatic rings. The zero-order valence-corrected chi connectivity index (χ0v) is 40.8. The molecule has 0 bridgehead atoms. The fourth-order valence-corrected chi connectivity index (χ4v) is 11.4. The molecule has 9 rings (SSSR count). The smallest absolute Gasteiger partial charge is 0.264 e. The van der Waals surface area contributed by atoms with Crippen LogP contribution in [0.1, 0.15) is 99.5 Å². The van der Waals surface area contributed by atoms with Gasteiger partial charge in [-0.25, -0.2) is 4.39 Å². The van der Waals surface area contributed by atoms with Crippen molar-refractivity contribution in [2.75, 3.05) is 77.6 Å². The molecule has 1 saturated carbocycles. The summed E-state index contributed by atoms with van der Waals surface area (Å²) in [7, 11) is 1.52. The minimum absolute atomic E-state index is 0.00428. The van der Waals surface area contributed by atoms with Crippen LogP contribution in [-0.2, 0) is 19.1 Å². The molecule has 1 aliphatic carbocycles. The van der Waals surface area contributed by atoms with Gasteiger partial charge >= 0.3 is 0 Å². The zero-order valence-electron chi connectivity index (χ0n) is 40.0. The fourth-order valence-electron chi connectivity index (χ4n) is 11.2. The van der Waals surface area contributed by atoms with Gasteiger partial charge in [0.2, 0.25) is 23.6 Å². The Balaban J connectivity index is 0.757. The van der Waals surface area contributed by atoms with Crippen molar-refractivity contribution in [3.63, 3.8) is 0 Å². The number of anilines is 1. The summed E-state index contributed by atoms with van der Waals surface area (Å²) in [5.74, 6) is -3.00. The standard InChI is InChI=1S/C54H61ClFN7O8/c1-70-28-29-71-45-18-15-38(50(57)65)47(49(45)56)40-30-36(12-16-42(40)55)41(34-6-3-2-4-7-34)31-58-37-13-10-35(11-14-37)52(67)62-22-20-33(21-23-62)32-60-24-26-61(27-25-60)43-9-5-8-39-48(43)54(69)63(53(39)68)44-17-19-46(64)59-51(44)66/h2-9,12,15-16,18,30,33,35,37,41,44,58H,10-11,13-14,17,19-29,31-32H2,1H3,(H2,57,65)(H,59,64,66). The highest BCUT2D eigenvalue weighted by Gasteiger charge is 2.46. The molecule has 15 nitrogen and oxygen atoms in total. The minimum Gasteiger partial charge on any atom is -0.488 e. The number of piperazine rings is 1. The van der Waals surface area contributed by atoms with Crippen molar-refractivity contribution in [3.05, 3.63) is 118 Å². The normalized spacial score (nSPS) is 21.6. The summed E-state index contributed by atoms with van der Waals surface area (Å²) >= 11 is 6.76. The Bertz CT molecular complexity index is 2670. The number of imide groups is 2. The van der Waals surface area contributed by atoms with Crippen molar-refractivity contribution >= 4 is 52.7 Å². The van der Waals surface area contributed by atoms with E-state index in [2.05, 4.69) is 37.5 Å². The molecule has 5 aliphatic rings.